The molecule has 1 rings (SSSR count). The van der Waals surface area contributed by atoms with Gasteiger partial charge in [-0.1, -0.05) is 46.3 Å². The predicted octanol–water partition coefficient (Wildman–Crippen LogP) is 2.39. The molecule has 1 unspecified atom stereocenters. The molecule has 5 heteroatoms. The van der Waals surface area contributed by atoms with E-state index in [9.17, 15) is 0 Å². The maximum Gasteiger partial charge on any atom is 0.0964 e. The number of likely N-dealkylation sites (N-methyl/N-ethyl adjacent to an activating group) is 1. The van der Waals surface area contributed by atoms with Crippen molar-refractivity contribution in [3.63, 3.8) is 0 Å². The smallest absolute Gasteiger partial charge is 0.0964 e. The Morgan fingerprint density at radius 1 is 1.29 bits per heavy atom. The van der Waals surface area contributed by atoms with Gasteiger partial charge in [0.15, 0.2) is 0 Å². The van der Waals surface area contributed by atoms with Gasteiger partial charge in [-0.3, -0.25) is 4.68 Å². The van der Waals surface area contributed by atoms with E-state index in [0.717, 1.165) is 44.3 Å². The molecule has 0 aliphatic heterocycles. The molecular formula is C16H33N5. The number of aromatic nitrogens is 3. The van der Waals surface area contributed by atoms with Gasteiger partial charge in [0.25, 0.3) is 0 Å². The molecule has 0 fully saturated rings. The van der Waals surface area contributed by atoms with Crippen LogP contribution in [0.1, 0.15) is 46.7 Å². The van der Waals surface area contributed by atoms with Crippen molar-refractivity contribution < 1.29 is 0 Å². The first-order valence-corrected chi connectivity index (χ1v) is 8.37. The number of hydrogen-bond donors (Lipinski definition) is 1. The van der Waals surface area contributed by atoms with Crippen LogP contribution in [0.5, 0.6) is 0 Å². The highest BCUT2D eigenvalue weighted by Gasteiger charge is 2.08. The number of hydrogen-bond acceptors (Lipinski definition) is 4. The lowest BCUT2D eigenvalue weighted by molar-refractivity contribution is 0.233. The van der Waals surface area contributed by atoms with Crippen molar-refractivity contribution >= 4 is 0 Å². The van der Waals surface area contributed by atoms with E-state index >= 15 is 0 Å². The molecule has 0 aliphatic carbocycles. The van der Waals surface area contributed by atoms with Gasteiger partial charge in [-0.25, -0.2) is 0 Å². The zero-order valence-corrected chi connectivity index (χ0v) is 14.5. The number of nitrogens with one attached hydrogen (secondary N) is 1. The van der Waals surface area contributed by atoms with Crippen molar-refractivity contribution in [3.8, 4) is 0 Å². The molecule has 5 nitrogen and oxygen atoms in total. The van der Waals surface area contributed by atoms with Gasteiger partial charge in [-0.2, -0.15) is 0 Å². The SMILES string of the molecule is CCC(C)CN(CC)CCn1cc(CNCC(C)C)nn1. The molecule has 0 radical (unpaired) electrons. The van der Waals surface area contributed by atoms with Crippen LogP contribution < -0.4 is 5.32 Å². The normalized spacial score (nSPS) is 13.3. The molecule has 0 saturated carbocycles. The van der Waals surface area contributed by atoms with Crippen molar-refractivity contribution in [3.05, 3.63) is 11.9 Å². The number of nitrogens with zero attached hydrogens (tertiary/aromatic N) is 4. The summed E-state index contributed by atoms with van der Waals surface area (Å²) in [7, 11) is 0. The maximum absolute atomic E-state index is 4.23. The largest absolute Gasteiger partial charge is 0.311 e. The second-order valence-electron chi connectivity index (χ2n) is 6.40. The van der Waals surface area contributed by atoms with E-state index in [-0.39, 0.29) is 0 Å². The van der Waals surface area contributed by atoms with Gasteiger partial charge in [0, 0.05) is 25.8 Å². The Bertz CT molecular complexity index is 374. The summed E-state index contributed by atoms with van der Waals surface area (Å²) in [6.07, 6.45) is 3.30. The Labute approximate surface area is 130 Å². The van der Waals surface area contributed by atoms with Crippen LogP contribution in [0.3, 0.4) is 0 Å². The Morgan fingerprint density at radius 3 is 2.67 bits per heavy atom. The van der Waals surface area contributed by atoms with Crippen LogP contribution in [0.15, 0.2) is 6.20 Å². The summed E-state index contributed by atoms with van der Waals surface area (Å²) in [5, 5.41) is 11.8. The van der Waals surface area contributed by atoms with Gasteiger partial charge in [0.05, 0.1) is 12.2 Å². The standard InChI is InChI=1S/C16H33N5/c1-6-15(5)12-20(7-2)8-9-21-13-16(18-19-21)11-17-10-14(3)4/h13-15,17H,6-12H2,1-5H3. The second-order valence-corrected chi connectivity index (χ2v) is 6.40. The maximum atomic E-state index is 4.23. The van der Waals surface area contributed by atoms with Gasteiger partial charge in [0.1, 0.15) is 0 Å². The Balaban J connectivity index is 2.32. The fraction of sp³-hybridized carbons (Fsp3) is 0.875. The monoisotopic (exact) mass is 295 g/mol. The minimum absolute atomic E-state index is 0.665. The van der Waals surface area contributed by atoms with Crippen LogP contribution in [0.25, 0.3) is 0 Å². The summed E-state index contributed by atoms with van der Waals surface area (Å²) in [5.41, 5.74) is 1.03. The van der Waals surface area contributed by atoms with E-state index in [1.54, 1.807) is 0 Å². The lowest BCUT2D eigenvalue weighted by Crippen LogP contribution is -2.31. The Hall–Kier alpha value is -0.940. The average molecular weight is 295 g/mol. The quantitative estimate of drug-likeness (QED) is 0.681. The fourth-order valence-electron chi connectivity index (χ4n) is 2.21. The molecule has 0 aromatic carbocycles. The summed E-state index contributed by atoms with van der Waals surface area (Å²) in [5.74, 6) is 1.43. The van der Waals surface area contributed by atoms with Crippen LogP contribution in [0.4, 0.5) is 0 Å². The van der Waals surface area contributed by atoms with Crippen molar-refractivity contribution in [2.45, 2.75) is 54.1 Å². The van der Waals surface area contributed by atoms with Gasteiger partial charge in [0.2, 0.25) is 0 Å². The Kier molecular flexibility index (Phi) is 8.54. The molecule has 1 N–H and O–H groups in total. The summed E-state index contributed by atoms with van der Waals surface area (Å²) in [6, 6.07) is 0. The van der Waals surface area contributed by atoms with Crippen molar-refractivity contribution in [1.29, 1.82) is 0 Å². The van der Waals surface area contributed by atoms with Crippen LogP contribution in [-0.4, -0.2) is 46.1 Å². The summed E-state index contributed by atoms with van der Waals surface area (Å²) < 4.78 is 1.96. The molecule has 21 heavy (non-hydrogen) atoms. The van der Waals surface area contributed by atoms with Gasteiger partial charge >= 0.3 is 0 Å². The molecule has 0 bridgehead atoms. The summed E-state index contributed by atoms with van der Waals surface area (Å²) in [4.78, 5) is 2.49. The molecule has 1 aromatic heterocycles. The Morgan fingerprint density at radius 2 is 2.05 bits per heavy atom. The zero-order chi connectivity index (χ0) is 15.7. The highest BCUT2D eigenvalue weighted by molar-refractivity contribution is 4.91. The van der Waals surface area contributed by atoms with E-state index in [1.165, 1.54) is 13.0 Å². The van der Waals surface area contributed by atoms with Crippen LogP contribution in [-0.2, 0) is 13.1 Å². The first-order valence-electron chi connectivity index (χ1n) is 8.37. The van der Waals surface area contributed by atoms with E-state index in [4.69, 9.17) is 0 Å². The molecule has 0 saturated heterocycles. The lowest BCUT2D eigenvalue weighted by atomic mass is 10.1. The molecule has 1 heterocycles. The predicted molar refractivity (Wildman–Crippen MR) is 88.1 cm³/mol. The molecule has 1 aromatic rings. The van der Waals surface area contributed by atoms with Crippen LogP contribution >= 0.6 is 0 Å². The van der Waals surface area contributed by atoms with E-state index in [0.29, 0.717) is 5.92 Å². The third-order valence-electron chi connectivity index (χ3n) is 3.80. The second kappa shape index (κ2) is 9.90. The van der Waals surface area contributed by atoms with Crippen molar-refractivity contribution in [1.82, 2.24) is 25.2 Å². The number of rotatable bonds is 11. The highest BCUT2D eigenvalue weighted by Crippen LogP contribution is 2.04. The van der Waals surface area contributed by atoms with Gasteiger partial charge in [-0.05, 0) is 24.9 Å². The molecular weight excluding hydrogens is 262 g/mol. The van der Waals surface area contributed by atoms with Gasteiger partial charge in [-0.15, -0.1) is 5.10 Å². The zero-order valence-electron chi connectivity index (χ0n) is 14.5. The molecule has 0 amide bonds. The highest BCUT2D eigenvalue weighted by atomic mass is 15.4. The first kappa shape index (κ1) is 18.1. The third kappa shape index (κ3) is 7.58. The topological polar surface area (TPSA) is 46.0 Å². The summed E-state index contributed by atoms with van der Waals surface area (Å²) >= 11 is 0. The van der Waals surface area contributed by atoms with Crippen LogP contribution in [0.2, 0.25) is 0 Å². The van der Waals surface area contributed by atoms with Crippen LogP contribution in [0, 0.1) is 11.8 Å². The minimum Gasteiger partial charge on any atom is -0.311 e. The summed E-state index contributed by atoms with van der Waals surface area (Å²) in [6.45, 7) is 17.3. The van der Waals surface area contributed by atoms with Gasteiger partial charge < -0.3 is 10.2 Å². The van der Waals surface area contributed by atoms with E-state index in [1.807, 2.05) is 4.68 Å². The van der Waals surface area contributed by atoms with E-state index < -0.39 is 0 Å². The molecule has 0 aliphatic rings. The van der Waals surface area contributed by atoms with E-state index in [2.05, 4.69) is 61.3 Å². The molecule has 0 spiro atoms. The minimum atomic E-state index is 0.665. The first-order chi connectivity index (χ1) is 10.0. The van der Waals surface area contributed by atoms with Crippen molar-refractivity contribution in [2.75, 3.05) is 26.2 Å². The molecule has 1 atom stereocenters. The molecule has 122 valence electrons. The third-order valence-corrected chi connectivity index (χ3v) is 3.80. The lowest BCUT2D eigenvalue weighted by Gasteiger charge is -2.23. The average Bonchev–Trinajstić information content (AvgIpc) is 2.90. The van der Waals surface area contributed by atoms with Crippen molar-refractivity contribution in [2.24, 2.45) is 11.8 Å². The fourth-order valence-corrected chi connectivity index (χ4v) is 2.21.